The van der Waals surface area contributed by atoms with Crippen molar-refractivity contribution in [1.29, 1.82) is 0 Å². The Morgan fingerprint density at radius 3 is 0.982 bits per heavy atom. The van der Waals surface area contributed by atoms with Crippen molar-refractivity contribution in [2.75, 3.05) is 73.2 Å². The lowest BCUT2D eigenvalue weighted by molar-refractivity contribution is -0.578. The van der Waals surface area contributed by atoms with Crippen LogP contribution < -0.4 is 0 Å². The minimum absolute atomic E-state index is 0.0370. The van der Waals surface area contributed by atoms with Gasteiger partial charge in [0.2, 0.25) is 0 Å². The van der Waals surface area contributed by atoms with Gasteiger partial charge in [-0.25, -0.2) is 4.79 Å². The highest BCUT2D eigenvalue weighted by molar-refractivity contribution is 5.78. The molecule has 33 heteroatoms. The molecule has 0 aromatic rings. The van der Waals surface area contributed by atoms with Crippen LogP contribution in [0.2, 0.25) is 0 Å². The monoisotopic (exact) mass is 896 g/mol. The summed E-state index contributed by atoms with van der Waals surface area (Å²) in [6, 6.07) is 0. The Kier molecular flexibility index (Phi) is 18.2. The zero-order valence-corrected chi connectivity index (χ0v) is 26.8. The first kappa shape index (κ1) is 53.5. The summed E-state index contributed by atoms with van der Waals surface area (Å²) < 4.78 is 340. The van der Waals surface area contributed by atoms with Gasteiger partial charge in [-0.2, -0.15) is 101 Å². The van der Waals surface area contributed by atoms with Gasteiger partial charge in [-0.05, 0) is 0 Å². The second-order valence-corrected chi connectivity index (χ2v) is 9.79. The minimum atomic E-state index is -8.79. The number of carbonyl (C=O) groups excluding carboxylic acids is 1. The van der Waals surface area contributed by atoms with E-state index in [1.807, 2.05) is 0 Å². The van der Waals surface area contributed by atoms with Crippen LogP contribution in [0, 0.1) is 0 Å². The first-order valence-corrected chi connectivity index (χ1v) is 13.8. The SMILES string of the molecule is COCCOCCOCCOCCOCCOC(=O)C(F)(OC(F)(F)C(F)(OC(F)(F)C(F)(OC(F)(F)C(F)(F)C(F)(F)F)C(F)(F)F)C(F)(F)F)C(F)(F)F. The van der Waals surface area contributed by atoms with Crippen molar-refractivity contribution in [2.24, 2.45) is 0 Å². The highest BCUT2D eigenvalue weighted by Crippen LogP contribution is 2.59. The summed E-state index contributed by atoms with van der Waals surface area (Å²) in [4.78, 5) is 11.7. The van der Waals surface area contributed by atoms with Gasteiger partial charge in [0.25, 0.3) is 0 Å². The van der Waals surface area contributed by atoms with Crippen molar-refractivity contribution in [3.63, 3.8) is 0 Å². The third-order valence-corrected chi connectivity index (χ3v) is 5.64. The van der Waals surface area contributed by atoms with Crippen LogP contribution in [0.5, 0.6) is 0 Å². The molecule has 10 nitrogen and oxygen atoms in total. The average Bonchev–Trinajstić information content (AvgIpc) is 2.99. The summed E-state index contributed by atoms with van der Waals surface area (Å²) in [7, 11) is 1.42. The summed E-state index contributed by atoms with van der Waals surface area (Å²) in [6.45, 7) is -3.18. The molecule has 0 rings (SSSR count). The number of carbonyl (C=O) groups is 1. The van der Waals surface area contributed by atoms with E-state index in [-0.39, 0.29) is 39.6 Å². The van der Waals surface area contributed by atoms with Crippen molar-refractivity contribution in [3.8, 4) is 0 Å². The van der Waals surface area contributed by atoms with Crippen molar-refractivity contribution in [3.05, 3.63) is 0 Å². The molecule has 0 aliphatic heterocycles. The van der Waals surface area contributed by atoms with E-state index in [9.17, 15) is 106 Å². The van der Waals surface area contributed by atoms with Crippen LogP contribution in [-0.2, 0) is 47.4 Å². The Morgan fingerprint density at radius 2 is 0.679 bits per heavy atom. The topological polar surface area (TPSA) is 100 Å². The van der Waals surface area contributed by atoms with Gasteiger partial charge in [0.05, 0.1) is 59.5 Å². The van der Waals surface area contributed by atoms with Crippen molar-refractivity contribution in [2.45, 2.75) is 66.5 Å². The quantitative estimate of drug-likeness (QED) is 0.0544. The van der Waals surface area contributed by atoms with Crippen LogP contribution in [0.3, 0.4) is 0 Å². The summed E-state index contributed by atoms with van der Waals surface area (Å²) >= 11 is 0. The predicted octanol–water partition coefficient (Wildman–Crippen LogP) is 6.95. The molecular weight excluding hydrogens is 873 g/mol. The third-order valence-electron chi connectivity index (χ3n) is 5.64. The van der Waals surface area contributed by atoms with Gasteiger partial charge >= 0.3 is 72.5 Å². The second kappa shape index (κ2) is 19.1. The van der Waals surface area contributed by atoms with Crippen LogP contribution in [0.4, 0.5) is 101 Å². The lowest BCUT2D eigenvalue weighted by Crippen LogP contribution is -2.70. The van der Waals surface area contributed by atoms with Gasteiger partial charge in [0, 0.05) is 7.11 Å². The number of halogens is 23. The van der Waals surface area contributed by atoms with Gasteiger partial charge in [-0.1, -0.05) is 0 Å². The molecule has 56 heavy (non-hydrogen) atoms. The van der Waals surface area contributed by atoms with Gasteiger partial charge in [-0.15, -0.1) is 0 Å². The maximum Gasteiger partial charge on any atom is 0.462 e. The van der Waals surface area contributed by atoms with Crippen LogP contribution in [0.1, 0.15) is 0 Å². The highest BCUT2D eigenvalue weighted by atomic mass is 19.4. The Hall–Kier alpha value is -2.46. The smallest absolute Gasteiger partial charge is 0.459 e. The Morgan fingerprint density at radius 1 is 0.375 bits per heavy atom. The standard InChI is InChI=1S/C23H23F23O10/c1-48-2-3-49-4-5-50-6-7-51-8-9-52-10-11-53-12(47)13(24,17(29,30)31)54-22(43,44)15(27,19(35,36)37)56-23(45,46)16(28,20(38,39)40)55-21(41,42)14(25,26)18(32,33)34/h2-11H2,1H3. The summed E-state index contributed by atoms with van der Waals surface area (Å²) in [6.07, 6.45) is -57.9. The van der Waals surface area contributed by atoms with E-state index >= 15 is 0 Å². The zero-order chi connectivity index (χ0) is 44.5. The first-order valence-electron chi connectivity index (χ1n) is 13.8. The zero-order valence-electron chi connectivity index (χ0n) is 26.8. The van der Waals surface area contributed by atoms with E-state index in [0.717, 1.165) is 4.74 Å². The van der Waals surface area contributed by atoms with Crippen molar-refractivity contribution < 1.29 is 148 Å². The summed E-state index contributed by atoms with van der Waals surface area (Å²) in [5, 5.41) is 0. The molecule has 3 atom stereocenters. The maximum absolute atomic E-state index is 14.6. The largest absolute Gasteiger partial charge is 0.462 e. The van der Waals surface area contributed by atoms with Gasteiger partial charge in [0.1, 0.15) is 6.61 Å². The van der Waals surface area contributed by atoms with Gasteiger partial charge in [-0.3, -0.25) is 14.2 Å². The molecule has 336 valence electrons. The van der Waals surface area contributed by atoms with Gasteiger partial charge in [0.15, 0.2) is 0 Å². The molecule has 0 aromatic carbocycles. The lowest BCUT2D eigenvalue weighted by Gasteiger charge is -2.42. The molecule has 0 aliphatic carbocycles. The molecule has 0 fully saturated rings. The van der Waals surface area contributed by atoms with E-state index in [0.29, 0.717) is 6.61 Å². The third kappa shape index (κ3) is 12.8. The van der Waals surface area contributed by atoms with E-state index in [2.05, 4.69) is 9.47 Å². The lowest BCUT2D eigenvalue weighted by atomic mass is 10.2. The molecule has 0 N–H and O–H groups in total. The number of ether oxygens (including phenoxy) is 9. The number of hydrogen-bond acceptors (Lipinski definition) is 10. The average molecular weight is 896 g/mol. The maximum atomic E-state index is 14.6. The Bertz CT molecular complexity index is 1210. The van der Waals surface area contributed by atoms with Crippen LogP contribution in [0.25, 0.3) is 0 Å². The van der Waals surface area contributed by atoms with Crippen LogP contribution in [-0.4, -0.2) is 146 Å². The van der Waals surface area contributed by atoms with E-state index in [4.69, 9.17) is 18.9 Å². The number of rotatable bonds is 25. The molecule has 0 radical (unpaired) electrons. The van der Waals surface area contributed by atoms with Crippen LogP contribution in [0.15, 0.2) is 0 Å². The van der Waals surface area contributed by atoms with Crippen LogP contribution >= 0.6 is 0 Å². The number of alkyl halides is 23. The number of methoxy groups -OCH3 is 1. The van der Waals surface area contributed by atoms with E-state index in [1.54, 1.807) is 4.74 Å². The minimum Gasteiger partial charge on any atom is -0.459 e. The Balaban J connectivity index is 6.08. The highest BCUT2D eigenvalue weighted by Gasteiger charge is 2.88. The molecule has 0 amide bonds. The molecule has 0 aliphatic rings. The Labute approximate surface area is 295 Å². The predicted molar refractivity (Wildman–Crippen MR) is 125 cm³/mol. The summed E-state index contributed by atoms with van der Waals surface area (Å²) in [5.74, 6) is -36.9. The number of esters is 1. The molecule has 0 spiro atoms. The molecule has 0 saturated carbocycles. The van der Waals surface area contributed by atoms with E-state index in [1.165, 1.54) is 11.8 Å². The number of hydrogen-bond donors (Lipinski definition) is 0. The van der Waals surface area contributed by atoms with Crippen molar-refractivity contribution >= 4 is 5.97 Å². The molecule has 0 aromatic heterocycles. The van der Waals surface area contributed by atoms with E-state index < -0.39 is 92.3 Å². The molecular formula is C23H23F23O10. The molecule has 0 bridgehead atoms. The van der Waals surface area contributed by atoms with Crippen molar-refractivity contribution in [1.82, 2.24) is 0 Å². The molecule has 0 heterocycles. The molecule has 0 saturated heterocycles. The fourth-order valence-corrected chi connectivity index (χ4v) is 2.86. The normalized spacial score (nSPS) is 17.6. The molecule has 3 unspecified atom stereocenters. The summed E-state index contributed by atoms with van der Waals surface area (Å²) in [5.41, 5.74) is 0. The van der Waals surface area contributed by atoms with Gasteiger partial charge < -0.3 is 28.4 Å². The fraction of sp³-hybridized carbons (Fsp3) is 0.957. The second-order valence-electron chi connectivity index (χ2n) is 9.79. The first-order chi connectivity index (χ1) is 24.9. The fourth-order valence-electron chi connectivity index (χ4n) is 2.86.